The quantitative estimate of drug-likeness (QED) is 0.252. The first-order valence-electron chi connectivity index (χ1n) is 1.62. The van der Waals surface area contributed by atoms with Crippen LogP contribution in [-0.4, -0.2) is 0 Å². The molecule has 0 aromatic rings. The lowest BCUT2D eigenvalue weighted by Gasteiger charge is -1.90. The molecular formula is C4H8O3S. The summed E-state index contributed by atoms with van der Waals surface area (Å²) in [7, 11) is 0. The summed E-state index contributed by atoms with van der Waals surface area (Å²) in [6, 6.07) is 0. The van der Waals surface area contributed by atoms with Crippen molar-refractivity contribution < 1.29 is 14.8 Å². The van der Waals surface area contributed by atoms with Crippen LogP contribution in [0, 0.1) is 0 Å². The van der Waals surface area contributed by atoms with Crippen molar-refractivity contribution in [1.82, 2.24) is 0 Å². The molecule has 0 aromatic heterocycles. The molecule has 0 aromatic carbocycles. The minimum Gasteiger partial charge on any atom is -0.308 e. The molecule has 0 heterocycles. The third kappa shape index (κ3) is 9.04. The lowest BCUT2D eigenvalue weighted by Crippen LogP contribution is -1.80. The second-order valence-electron chi connectivity index (χ2n) is 0.594. The summed E-state index contributed by atoms with van der Waals surface area (Å²) >= 11 is 0. The Bertz CT molecular complexity index is 56.3. The molecule has 0 saturated heterocycles. The smallest absolute Gasteiger partial charge is 0.126 e. The Kier molecular flexibility index (Phi) is 12.5. The van der Waals surface area contributed by atoms with Gasteiger partial charge in [0.25, 0.3) is 0 Å². The van der Waals surface area contributed by atoms with E-state index in [0.717, 1.165) is 12.5 Å². The lowest BCUT2D eigenvalue weighted by molar-refractivity contribution is -0.464. The van der Waals surface area contributed by atoms with Crippen LogP contribution < -0.4 is 0 Å². The average Bonchev–Trinajstić information content (AvgIpc) is 1.69. The van der Waals surface area contributed by atoms with Crippen molar-refractivity contribution in [3.05, 3.63) is 25.7 Å². The van der Waals surface area contributed by atoms with Gasteiger partial charge in [-0.25, -0.2) is 0 Å². The van der Waals surface area contributed by atoms with Gasteiger partial charge in [-0.05, 0) is 0 Å². The predicted molar refractivity (Wildman–Crippen MR) is 34.0 cm³/mol. The van der Waals surface area contributed by atoms with Gasteiger partial charge in [0.2, 0.25) is 0 Å². The van der Waals surface area contributed by atoms with E-state index in [1.165, 1.54) is 0 Å². The minimum absolute atomic E-state index is 0. The van der Waals surface area contributed by atoms with Gasteiger partial charge in [-0.15, -0.1) is 0 Å². The molecule has 48 valence electrons. The molecule has 0 unspecified atom stereocenters. The van der Waals surface area contributed by atoms with E-state index >= 15 is 0 Å². The molecule has 0 atom stereocenters. The molecule has 0 rings (SSSR count). The van der Waals surface area contributed by atoms with Gasteiger partial charge >= 0.3 is 0 Å². The molecule has 0 radical (unpaired) electrons. The molecule has 4 heteroatoms. The maximum atomic E-state index is 4.04. The zero-order valence-corrected chi connectivity index (χ0v) is 5.29. The summed E-state index contributed by atoms with van der Waals surface area (Å²) in [5.41, 5.74) is 0. The Balaban J connectivity index is 0. The highest BCUT2D eigenvalue weighted by Gasteiger charge is 1.69. The van der Waals surface area contributed by atoms with Crippen LogP contribution in [0.5, 0.6) is 0 Å². The van der Waals surface area contributed by atoms with Gasteiger partial charge in [-0.3, -0.25) is 0 Å². The average molecular weight is 136 g/mol. The number of rotatable bonds is 4. The molecule has 0 amide bonds. The fourth-order valence-electron chi connectivity index (χ4n) is 0.0782. The fraction of sp³-hybridized carbons (Fsp3) is 0. The monoisotopic (exact) mass is 136 g/mol. The highest BCUT2D eigenvalue weighted by molar-refractivity contribution is 7.59. The lowest BCUT2D eigenvalue weighted by atomic mass is 11.2. The van der Waals surface area contributed by atoms with Gasteiger partial charge in [0.05, 0.1) is 0 Å². The maximum Gasteiger partial charge on any atom is 0.126 e. The molecule has 0 saturated carbocycles. The Morgan fingerprint density at radius 1 is 1.00 bits per heavy atom. The van der Waals surface area contributed by atoms with Gasteiger partial charge in [-0.2, -0.15) is 13.5 Å². The Morgan fingerprint density at radius 3 is 1.62 bits per heavy atom. The van der Waals surface area contributed by atoms with E-state index in [2.05, 4.69) is 28.0 Å². The van der Waals surface area contributed by atoms with Crippen molar-refractivity contribution in [1.29, 1.82) is 0 Å². The first-order chi connectivity index (χ1) is 3.41. The van der Waals surface area contributed by atoms with E-state index in [1.54, 1.807) is 0 Å². The van der Waals surface area contributed by atoms with E-state index in [4.69, 9.17) is 0 Å². The van der Waals surface area contributed by atoms with E-state index in [1.807, 2.05) is 0 Å². The summed E-state index contributed by atoms with van der Waals surface area (Å²) in [5, 5.41) is 3.90. The van der Waals surface area contributed by atoms with Crippen LogP contribution in [-0.2, 0) is 14.8 Å². The molecule has 0 bridgehead atoms. The van der Waals surface area contributed by atoms with Gasteiger partial charge in [0, 0.05) is 5.04 Å². The zero-order valence-electron chi connectivity index (χ0n) is 4.29. The third-order valence-corrected chi connectivity index (χ3v) is 0.215. The first-order valence-corrected chi connectivity index (χ1v) is 1.62. The summed E-state index contributed by atoms with van der Waals surface area (Å²) in [6.45, 7) is 6.34. The highest BCUT2D eigenvalue weighted by Crippen LogP contribution is 1.78. The summed E-state index contributed by atoms with van der Waals surface area (Å²) in [4.78, 5) is 8.09. The number of hydrogen-bond acceptors (Lipinski definition) is 3. The second kappa shape index (κ2) is 9.63. The summed E-state index contributed by atoms with van der Waals surface area (Å²) in [6.07, 6.45) is 2.17. The SMILES string of the molecule is C=COOOC=C.S. The Hall–Kier alpha value is -0.610. The predicted octanol–water partition coefficient (Wildman–Crippen LogP) is 1.27. The van der Waals surface area contributed by atoms with E-state index in [9.17, 15) is 0 Å². The van der Waals surface area contributed by atoms with Crippen molar-refractivity contribution in [3.63, 3.8) is 0 Å². The van der Waals surface area contributed by atoms with Crippen molar-refractivity contribution in [2.24, 2.45) is 0 Å². The molecular weight excluding hydrogens is 128 g/mol. The van der Waals surface area contributed by atoms with Crippen molar-refractivity contribution in [2.45, 2.75) is 0 Å². The van der Waals surface area contributed by atoms with Crippen LogP contribution >= 0.6 is 13.5 Å². The molecule has 3 nitrogen and oxygen atoms in total. The second-order valence-corrected chi connectivity index (χ2v) is 0.594. The molecule has 0 aliphatic carbocycles. The van der Waals surface area contributed by atoms with E-state index in [-0.39, 0.29) is 13.5 Å². The standard InChI is InChI=1S/C4H6O3.H2S/c1-3-5-7-6-4-2;/h3-4H,1-2H2;1H2. The largest absolute Gasteiger partial charge is 0.308 e. The molecule has 0 aliphatic rings. The van der Waals surface area contributed by atoms with E-state index in [0.29, 0.717) is 0 Å². The molecule has 0 fully saturated rings. The zero-order chi connectivity index (χ0) is 5.54. The van der Waals surface area contributed by atoms with Crippen LogP contribution in [0.1, 0.15) is 0 Å². The van der Waals surface area contributed by atoms with Gasteiger partial charge in [0.15, 0.2) is 0 Å². The summed E-state index contributed by atoms with van der Waals surface area (Å²) < 4.78 is 0. The topological polar surface area (TPSA) is 27.7 Å². The van der Waals surface area contributed by atoms with Crippen molar-refractivity contribution in [3.8, 4) is 0 Å². The van der Waals surface area contributed by atoms with Crippen LogP contribution in [0.2, 0.25) is 0 Å². The van der Waals surface area contributed by atoms with Gasteiger partial charge < -0.3 is 9.78 Å². The van der Waals surface area contributed by atoms with Crippen LogP contribution in [0.25, 0.3) is 0 Å². The number of hydrogen-bond donors (Lipinski definition) is 0. The normalized spacial score (nSPS) is 6.00. The fourth-order valence-corrected chi connectivity index (χ4v) is 0.0782. The summed E-state index contributed by atoms with van der Waals surface area (Å²) in [5.74, 6) is 0. The first kappa shape index (κ1) is 10.4. The minimum atomic E-state index is 0. The molecule has 0 aliphatic heterocycles. The van der Waals surface area contributed by atoms with Gasteiger partial charge in [-0.1, -0.05) is 13.2 Å². The van der Waals surface area contributed by atoms with Crippen molar-refractivity contribution >= 4 is 13.5 Å². The van der Waals surface area contributed by atoms with Gasteiger partial charge in [0.1, 0.15) is 12.5 Å². The molecule has 0 N–H and O–H groups in total. The third-order valence-electron chi connectivity index (χ3n) is 0.215. The van der Waals surface area contributed by atoms with Crippen LogP contribution in [0.4, 0.5) is 0 Å². The Labute approximate surface area is 54.8 Å². The van der Waals surface area contributed by atoms with Crippen molar-refractivity contribution in [2.75, 3.05) is 0 Å². The highest BCUT2D eigenvalue weighted by atomic mass is 32.1. The maximum absolute atomic E-state index is 4.04. The van der Waals surface area contributed by atoms with Crippen LogP contribution in [0.3, 0.4) is 0 Å². The molecule has 8 heavy (non-hydrogen) atoms. The Morgan fingerprint density at radius 2 is 1.38 bits per heavy atom. The van der Waals surface area contributed by atoms with E-state index < -0.39 is 0 Å². The molecule has 0 spiro atoms. The van der Waals surface area contributed by atoms with Crippen LogP contribution in [0.15, 0.2) is 25.7 Å².